The van der Waals surface area contributed by atoms with Gasteiger partial charge in [-0.1, -0.05) is 30.3 Å². The van der Waals surface area contributed by atoms with E-state index in [-0.39, 0.29) is 15.9 Å². The van der Waals surface area contributed by atoms with Crippen molar-refractivity contribution >= 4 is 20.8 Å². The van der Waals surface area contributed by atoms with Crippen molar-refractivity contribution in [1.29, 1.82) is 0 Å². The molecule has 106 valence electrons. The number of fused-ring (bicyclic) bond motifs is 1. The van der Waals surface area contributed by atoms with Gasteiger partial charge >= 0.3 is 5.63 Å². The Morgan fingerprint density at radius 1 is 0.905 bits per heavy atom. The fourth-order valence-corrected chi connectivity index (χ4v) is 3.45. The van der Waals surface area contributed by atoms with Crippen LogP contribution < -0.4 is 5.63 Å². The zero-order chi connectivity index (χ0) is 15.0. The number of benzene rings is 2. The Labute approximate surface area is 120 Å². The highest BCUT2D eigenvalue weighted by atomic mass is 32.2. The molecule has 3 rings (SSSR count). The van der Waals surface area contributed by atoms with Gasteiger partial charge in [-0.15, -0.1) is 0 Å². The Hall–Kier alpha value is -2.60. The molecule has 6 heteroatoms. The normalized spacial score (nSPS) is 11.6. The minimum Gasteiger partial charge on any atom is -0.506 e. The zero-order valence-corrected chi connectivity index (χ0v) is 11.5. The molecule has 0 radical (unpaired) electrons. The number of para-hydroxylation sites is 1. The second kappa shape index (κ2) is 4.75. The number of sulfone groups is 1. The van der Waals surface area contributed by atoms with E-state index in [0.29, 0.717) is 0 Å². The summed E-state index contributed by atoms with van der Waals surface area (Å²) in [6, 6.07) is 13.6. The minimum absolute atomic E-state index is 0.0807. The summed E-state index contributed by atoms with van der Waals surface area (Å²) in [7, 11) is -4.15. The molecular formula is C15H10O5S. The van der Waals surface area contributed by atoms with Gasteiger partial charge in [-0.2, -0.15) is 0 Å². The van der Waals surface area contributed by atoms with Crippen LogP contribution in [0, 0.1) is 0 Å². The predicted octanol–water partition coefficient (Wildman–Crippen LogP) is 2.33. The second-order valence-corrected chi connectivity index (χ2v) is 6.27. The van der Waals surface area contributed by atoms with Crippen LogP contribution in [-0.2, 0) is 9.84 Å². The first kappa shape index (κ1) is 13.4. The van der Waals surface area contributed by atoms with E-state index < -0.39 is 26.1 Å². The third kappa shape index (κ3) is 2.09. The molecule has 1 heterocycles. The summed E-state index contributed by atoms with van der Waals surface area (Å²) in [5, 5.41) is 10.4. The quantitative estimate of drug-likeness (QED) is 0.734. The maximum absolute atomic E-state index is 12.5. The summed E-state index contributed by atoms with van der Waals surface area (Å²) in [6.07, 6.45) is 0. The SMILES string of the molecule is O=c1oc2ccccc2c(O)c1S(=O)(=O)c1ccccc1. The molecular weight excluding hydrogens is 292 g/mol. The predicted molar refractivity (Wildman–Crippen MR) is 76.0 cm³/mol. The molecule has 5 nitrogen and oxygen atoms in total. The summed E-state index contributed by atoms with van der Waals surface area (Å²) in [5.41, 5.74) is -0.956. The first-order valence-corrected chi connectivity index (χ1v) is 7.55. The van der Waals surface area contributed by atoms with Crippen LogP contribution in [0.2, 0.25) is 0 Å². The summed E-state index contributed by atoms with van der Waals surface area (Å²) < 4.78 is 30.0. The van der Waals surface area contributed by atoms with Crippen molar-refractivity contribution in [2.45, 2.75) is 9.79 Å². The molecule has 21 heavy (non-hydrogen) atoms. The van der Waals surface area contributed by atoms with Crippen LogP contribution in [0.1, 0.15) is 0 Å². The topological polar surface area (TPSA) is 84.6 Å². The molecule has 0 fully saturated rings. The van der Waals surface area contributed by atoms with Crippen LogP contribution >= 0.6 is 0 Å². The van der Waals surface area contributed by atoms with Gasteiger partial charge in [0.25, 0.3) is 0 Å². The minimum atomic E-state index is -4.15. The molecule has 0 atom stereocenters. The fraction of sp³-hybridized carbons (Fsp3) is 0. The molecule has 1 N–H and O–H groups in total. The maximum Gasteiger partial charge on any atom is 0.359 e. The molecule has 0 saturated carbocycles. The van der Waals surface area contributed by atoms with E-state index >= 15 is 0 Å². The van der Waals surface area contributed by atoms with Crippen molar-refractivity contribution in [2.75, 3.05) is 0 Å². The van der Waals surface area contributed by atoms with Gasteiger partial charge in [0.2, 0.25) is 9.84 Å². The Kier molecular flexibility index (Phi) is 3.03. The number of rotatable bonds is 2. The van der Waals surface area contributed by atoms with E-state index in [1.165, 1.54) is 36.4 Å². The molecule has 0 aliphatic heterocycles. The number of hydrogen-bond donors (Lipinski definition) is 1. The van der Waals surface area contributed by atoms with Crippen molar-refractivity contribution in [2.24, 2.45) is 0 Å². The van der Waals surface area contributed by atoms with E-state index in [1.807, 2.05) is 0 Å². The van der Waals surface area contributed by atoms with E-state index in [0.717, 1.165) is 0 Å². The molecule has 0 bridgehead atoms. The van der Waals surface area contributed by atoms with Crippen molar-refractivity contribution in [3.63, 3.8) is 0 Å². The van der Waals surface area contributed by atoms with Crippen LogP contribution in [0.5, 0.6) is 5.75 Å². The summed E-state index contributed by atoms with van der Waals surface area (Å²) in [4.78, 5) is 11.1. The van der Waals surface area contributed by atoms with Crippen LogP contribution in [0.4, 0.5) is 0 Å². The lowest BCUT2D eigenvalue weighted by atomic mass is 10.2. The monoisotopic (exact) mass is 302 g/mol. The maximum atomic E-state index is 12.5. The third-order valence-electron chi connectivity index (χ3n) is 3.07. The molecule has 0 unspecified atom stereocenters. The highest BCUT2D eigenvalue weighted by Crippen LogP contribution is 2.31. The van der Waals surface area contributed by atoms with Crippen LogP contribution in [0.25, 0.3) is 11.0 Å². The first-order valence-electron chi connectivity index (χ1n) is 6.07. The highest BCUT2D eigenvalue weighted by molar-refractivity contribution is 7.91. The fourth-order valence-electron chi connectivity index (χ4n) is 2.07. The highest BCUT2D eigenvalue weighted by Gasteiger charge is 2.28. The summed E-state index contributed by atoms with van der Waals surface area (Å²) in [5.74, 6) is -0.592. The van der Waals surface area contributed by atoms with Crippen LogP contribution in [0.15, 0.2) is 73.6 Å². The second-order valence-electron chi connectivity index (χ2n) is 4.38. The van der Waals surface area contributed by atoms with Gasteiger partial charge in [0, 0.05) is 0 Å². The van der Waals surface area contributed by atoms with Crippen LogP contribution in [0.3, 0.4) is 0 Å². The smallest absolute Gasteiger partial charge is 0.359 e. The Morgan fingerprint density at radius 3 is 2.24 bits per heavy atom. The average Bonchev–Trinajstić information content (AvgIpc) is 2.48. The molecule has 3 aromatic rings. The third-order valence-corrected chi connectivity index (χ3v) is 4.86. The van der Waals surface area contributed by atoms with E-state index in [4.69, 9.17) is 4.42 Å². The molecule has 0 aliphatic carbocycles. The Balaban J connectivity index is 2.39. The van der Waals surface area contributed by atoms with Crippen molar-refractivity contribution in [1.82, 2.24) is 0 Å². The van der Waals surface area contributed by atoms with E-state index in [2.05, 4.69) is 0 Å². The van der Waals surface area contributed by atoms with Gasteiger partial charge in [-0.3, -0.25) is 0 Å². The molecule has 2 aromatic carbocycles. The average molecular weight is 302 g/mol. The van der Waals surface area contributed by atoms with E-state index in [9.17, 15) is 18.3 Å². The van der Waals surface area contributed by atoms with E-state index in [1.54, 1.807) is 18.2 Å². The summed E-state index contributed by atoms with van der Waals surface area (Å²) in [6.45, 7) is 0. The standard InChI is InChI=1S/C15H10O5S/c16-13-11-8-4-5-9-12(11)20-15(17)14(13)21(18,19)10-6-2-1-3-7-10/h1-9,16H. The van der Waals surface area contributed by atoms with Crippen LogP contribution in [-0.4, -0.2) is 13.5 Å². The largest absolute Gasteiger partial charge is 0.506 e. The molecule has 0 saturated heterocycles. The lowest BCUT2D eigenvalue weighted by Crippen LogP contribution is -2.14. The molecule has 0 amide bonds. The molecule has 0 aliphatic rings. The van der Waals surface area contributed by atoms with Gasteiger partial charge in [0.15, 0.2) is 10.6 Å². The Bertz CT molecular complexity index is 972. The van der Waals surface area contributed by atoms with Gasteiger partial charge in [-0.05, 0) is 24.3 Å². The number of aromatic hydroxyl groups is 1. The van der Waals surface area contributed by atoms with Gasteiger partial charge in [-0.25, -0.2) is 13.2 Å². The van der Waals surface area contributed by atoms with Crippen molar-refractivity contribution in [3.8, 4) is 5.75 Å². The lowest BCUT2D eigenvalue weighted by molar-refractivity contribution is 0.442. The molecule has 1 aromatic heterocycles. The van der Waals surface area contributed by atoms with Gasteiger partial charge in [0.1, 0.15) is 5.58 Å². The molecule has 0 spiro atoms. The van der Waals surface area contributed by atoms with Gasteiger partial charge < -0.3 is 9.52 Å². The lowest BCUT2D eigenvalue weighted by Gasteiger charge is -2.07. The van der Waals surface area contributed by atoms with Crippen molar-refractivity contribution in [3.05, 3.63) is 65.0 Å². The Morgan fingerprint density at radius 2 is 1.52 bits per heavy atom. The number of hydrogen-bond acceptors (Lipinski definition) is 5. The zero-order valence-electron chi connectivity index (χ0n) is 10.7. The first-order chi connectivity index (χ1) is 10.0. The van der Waals surface area contributed by atoms with Crippen molar-refractivity contribution < 1.29 is 17.9 Å². The summed E-state index contributed by atoms with van der Waals surface area (Å²) >= 11 is 0. The van der Waals surface area contributed by atoms with Gasteiger partial charge in [0.05, 0.1) is 10.3 Å².